The molecule has 1 unspecified atom stereocenters. The van der Waals surface area contributed by atoms with Crippen LogP contribution in [0, 0.1) is 11.6 Å². The van der Waals surface area contributed by atoms with E-state index in [-0.39, 0.29) is 12.1 Å². The molecule has 1 aromatic carbocycles. The minimum absolute atomic E-state index is 0.0275. The second-order valence-electron chi connectivity index (χ2n) is 3.65. The molecule has 1 aliphatic rings. The zero-order valence-corrected chi connectivity index (χ0v) is 9.03. The van der Waals surface area contributed by atoms with E-state index in [0.29, 0.717) is 25.4 Å². The van der Waals surface area contributed by atoms with E-state index >= 15 is 0 Å². The first-order chi connectivity index (χ1) is 8.15. The molecule has 6 heteroatoms. The first kappa shape index (κ1) is 11.6. The van der Waals surface area contributed by atoms with Gasteiger partial charge in [0, 0.05) is 12.5 Å². The first-order valence-corrected chi connectivity index (χ1v) is 5.19. The van der Waals surface area contributed by atoms with Crippen molar-refractivity contribution in [3.63, 3.8) is 0 Å². The highest BCUT2D eigenvalue weighted by molar-refractivity contribution is 5.72. The minimum Gasteiger partial charge on any atom is -0.493 e. The summed E-state index contributed by atoms with van der Waals surface area (Å²) in [6, 6.07) is 3.57. The van der Waals surface area contributed by atoms with Crippen molar-refractivity contribution < 1.29 is 18.3 Å². The van der Waals surface area contributed by atoms with Crippen molar-refractivity contribution in [1.82, 2.24) is 0 Å². The Labute approximate surface area is 97.0 Å². The van der Waals surface area contributed by atoms with E-state index in [1.165, 1.54) is 6.07 Å². The predicted octanol–water partition coefficient (Wildman–Crippen LogP) is 1.45. The Morgan fingerprint density at radius 3 is 2.88 bits per heavy atom. The van der Waals surface area contributed by atoms with E-state index in [4.69, 9.17) is 15.2 Å². The highest BCUT2D eigenvalue weighted by Gasteiger charge is 2.16. The Morgan fingerprint density at radius 1 is 1.41 bits per heavy atom. The molecule has 1 heterocycles. The lowest BCUT2D eigenvalue weighted by Gasteiger charge is -2.08. The number of rotatable bonds is 4. The molecular formula is C11H12F2N2O2. The lowest BCUT2D eigenvalue weighted by molar-refractivity contribution is 0.262. The first-order valence-electron chi connectivity index (χ1n) is 5.19. The van der Waals surface area contributed by atoms with Crippen LogP contribution in [0.1, 0.15) is 6.42 Å². The van der Waals surface area contributed by atoms with Gasteiger partial charge in [0.05, 0.1) is 12.6 Å². The van der Waals surface area contributed by atoms with E-state index in [9.17, 15) is 8.78 Å². The molecule has 0 radical (unpaired) electrons. The molecule has 4 nitrogen and oxygen atoms in total. The highest BCUT2D eigenvalue weighted by atomic mass is 19.2. The van der Waals surface area contributed by atoms with Gasteiger partial charge < -0.3 is 15.2 Å². The fourth-order valence-electron chi connectivity index (χ4n) is 1.46. The van der Waals surface area contributed by atoms with Crippen molar-refractivity contribution in [3.8, 4) is 5.75 Å². The van der Waals surface area contributed by atoms with Crippen LogP contribution in [-0.4, -0.2) is 25.3 Å². The number of ether oxygens (including phenoxy) is 2. The zero-order valence-electron chi connectivity index (χ0n) is 9.03. The molecular weight excluding hydrogens is 230 g/mol. The van der Waals surface area contributed by atoms with Gasteiger partial charge in [0.1, 0.15) is 12.4 Å². The third-order valence-electron chi connectivity index (χ3n) is 2.34. The number of benzene rings is 1. The lowest BCUT2D eigenvalue weighted by atomic mass is 10.2. The number of hydrogen-bond acceptors (Lipinski definition) is 4. The molecule has 1 atom stereocenters. The number of hydrogen-bond donors (Lipinski definition) is 1. The standard InChI is InChI=1S/C11H12F2N2O2/c12-9-2-1-8(5-10(9)13)16-4-3-7-6-17-11(14)15-7/h1-2,5,7H,3-4,6H2,(H2,14,15). The van der Waals surface area contributed by atoms with Gasteiger partial charge in [-0.25, -0.2) is 13.8 Å². The molecule has 17 heavy (non-hydrogen) atoms. The van der Waals surface area contributed by atoms with Gasteiger partial charge in [-0.2, -0.15) is 0 Å². The molecule has 0 fully saturated rings. The summed E-state index contributed by atoms with van der Waals surface area (Å²) < 4.78 is 35.7. The van der Waals surface area contributed by atoms with E-state index < -0.39 is 11.6 Å². The molecule has 2 N–H and O–H groups in total. The molecule has 0 spiro atoms. The number of halogens is 2. The third-order valence-corrected chi connectivity index (χ3v) is 2.34. The Bertz CT molecular complexity index is 437. The molecule has 1 aromatic rings. The molecule has 0 aromatic heterocycles. The van der Waals surface area contributed by atoms with Crippen molar-refractivity contribution in [3.05, 3.63) is 29.8 Å². The van der Waals surface area contributed by atoms with Crippen LogP contribution in [0.4, 0.5) is 8.78 Å². The smallest absolute Gasteiger partial charge is 0.282 e. The summed E-state index contributed by atoms with van der Waals surface area (Å²) in [5.74, 6) is -1.52. The molecule has 0 bridgehead atoms. The molecule has 0 saturated carbocycles. The van der Waals surface area contributed by atoms with Gasteiger partial charge in [0.15, 0.2) is 11.6 Å². The van der Waals surface area contributed by atoms with Crippen LogP contribution in [0.15, 0.2) is 23.2 Å². The van der Waals surface area contributed by atoms with Gasteiger partial charge in [0.2, 0.25) is 0 Å². The summed E-state index contributed by atoms with van der Waals surface area (Å²) in [5.41, 5.74) is 5.34. The second-order valence-corrected chi connectivity index (χ2v) is 3.65. The summed E-state index contributed by atoms with van der Waals surface area (Å²) in [6.07, 6.45) is 0.611. The van der Waals surface area contributed by atoms with Gasteiger partial charge in [0.25, 0.3) is 6.02 Å². The Balaban J connectivity index is 1.80. The fraction of sp³-hybridized carbons (Fsp3) is 0.364. The van der Waals surface area contributed by atoms with Crippen LogP contribution in [-0.2, 0) is 4.74 Å². The van der Waals surface area contributed by atoms with Crippen LogP contribution < -0.4 is 10.5 Å². The maximum absolute atomic E-state index is 12.8. The minimum atomic E-state index is -0.922. The predicted molar refractivity (Wildman–Crippen MR) is 57.8 cm³/mol. The van der Waals surface area contributed by atoms with Crippen LogP contribution in [0.2, 0.25) is 0 Å². The van der Waals surface area contributed by atoms with Gasteiger partial charge in [-0.1, -0.05) is 0 Å². The largest absolute Gasteiger partial charge is 0.493 e. The zero-order chi connectivity index (χ0) is 12.3. The van der Waals surface area contributed by atoms with Gasteiger partial charge >= 0.3 is 0 Å². The molecule has 0 saturated heterocycles. The molecule has 0 amide bonds. The average Bonchev–Trinajstić information content (AvgIpc) is 2.70. The topological polar surface area (TPSA) is 56.8 Å². The summed E-state index contributed by atoms with van der Waals surface area (Å²) in [7, 11) is 0. The van der Waals surface area contributed by atoms with Crippen molar-refractivity contribution in [2.75, 3.05) is 13.2 Å². The van der Waals surface area contributed by atoms with Gasteiger partial charge in [-0.3, -0.25) is 0 Å². The normalized spacial score (nSPS) is 18.7. The highest BCUT2D eigenvalue weighted by Crippen LogP contribution is 2.16. The van der Waals surface area contributed by atoms with Gasteiger partial charge in [-0.05, 0) is 12.1 Å². The van der Waals surface area contributed by atoms with E-state index in [0.717, 1.165) is 12.1 Å². The van der Waals surface area contributed by atoms with Crippen molar-refractivity contribution >= 4 is 6.02 Å². The number of nitrogens with zero attached hydrogens (tertiary/aromatic N) is 1. The van der Waals surface area contributed by atoms with Crippen LogP contribution >= 0.6 is 0 Å². The molecule has 2 rings (SSSR count). The van der Waals surface area contributed by atoms with E-state index in [1.807, 2.05) is 0 Å². The Morgan fingerprint density at radius 2 is 2.24 bits per heavy atom. The van der Waals surface area contributed by atoms with Crippen molar-refractivity contribution in [2.45, 2.75) is 12.5 Å². The average molecular weight is 242 g/mol. The number of nitrogens with two attached hydrogens (primary N) is 1. The number of aliphatic imine (C=N–C) groups is 1. The maximum Gasteiger partial charge on any atom is 0.282 e. The quantitative estimate of drug-likeness (QED) is 0.869. The molecule has 1 aliphatic heterocycles. The summed E-state index contributed by atoms with van der Waals surface area (Å²) in [5, 5.41) is 0. The van der Waals surface area contributed by atoms with E-state index in [2.05, 4.69) is 4.99 Å². The Kier molecular flexibility index (Phi) is 3.41. The van der Waals surface area contributed by atoms with Crippen LogP contribution in [0.3, 0.4) is 0 Å². The summed E-state index contributed by atoms with van der Waals surface area (Å²) in [6.45, 7) is 0.781. The van der Waals surface area contributed by atoms with Gasteiger partial charge in [-0.15, -0.1) is 0 Å². The maximum atomic E-state index is 12.8. The lowest BCUT2D eigenvalue weighted by Crippen LogP contribution is -2.12. The summed E-state index contributed by atoms with van der Waals surface area (Å²) >= 11 is 0. The Hall–Kier alpha value is -1.85. The molecule has 0 aliphatic carbocycles. The van der Waals surface area contributed by atoms with E-state index in [1.54, 1.807) is 0 Å². The number of amidine groups is 1. The van der Waals surface area contributed by atoms with Crippen molar-refractivity contribution in [2.24, 2.45) is 10.7 Å². The summed E-state index contributed by atoms with van der Waals surface area (Å²) in [4.78, 5) is 4.01. The SMILES string of the molecule is NC1=NC(CCOc2ccc(F)c(F)c2)CO1. The fourth-order valence-corrected chi connectivity index (χ4v) is 1.46. The molecule has 92 valence electrons. The monoisotopic (exact) mass is 242 g/mol. The third kappa shape index (κ3) is 3.05. The van der Waals surface area contributed by atoms with Crippen LogP contribution in [0.5, 0.6) is 5.75 Å². The van der Waals surface area contributed by atoms with Crippen molar-refractivity contribution in [1.29, 1.82) is 0 Å². The second kappa shape index (κ2) is 4.99. The van der Waals surface area contributed by atoms with Crippen LogP contribution in [0.25, 0.3) is 0 Å².